The predicted octanol–water partition coefficient (Wildman–Crippen LogP) is 4.17. The van der Waals surface area contributed by atoms with Crippen molar-refractivity contribution in [2.24, 2.45) is 0 Å². The molecule has 1 atom stereocenters. The molecule has 1 aromatic carbocycles. The number of aromatic nitrogens is 2. The summed E-state index contributed by atoms with van der Waals surface area (Å²) in [6.07, 6.45) is 13.7. The van der Waals surface area contributed by atoms with Crippen molar-refractivity contribution in [2.45, 2.75) is 44.6 Å². The van der Waals surface area contributed by atoms with E-state index in [1.807, 2.05) is 13.1 Å². The number of nitrogens with zero attached hydrogens (tertiary/aromatic N) is 2. The van der Waals surface area contributed by atoms with Crippen molar-refractivity contribution in [3.63, 3.8) is 0 Å². The zero-order valence-electron chi connectivity index (χ0n) is 12.7. The Morgan fingerprint density at radius 1 is 1.05 bits per heavy atom. The molecule has 21 heavy (non-hydrogen) atoms. The Balaban J connectivity index is 2.01. The minimum Gasteiger partial charge on any atom is -0.310 e. The SMILES string of the molecule is CNC(/C1=C/CCCCCC1)c1cccc2nccnc12. The Bertz CT molecular complexity index is 628. The topological polar surface area (TPSA) is 37.8 Å². The van der Waals surface area contributed by atoms with E-state index in [-0.39, 0.29) is 6.04 Å². The monoisotopic (exact) mass is 281 g/mol. The maximum absolute atomic E-state index is 4.56. The summed E-state index contributed by atoms with van der Waals surface area (Å²) in [5, 5.41) is 3.49. The van der Waals surface area contributed by atoms with Gasteiger partial charge in [0.05, 0.1) is 17.1 Å². The summed E-state index contributed by atoms with van der Waals surface area (Å²) in [5.74, 6) is 0. The fraction of sp³-hybridized carbons (Fsp3) is 0.444. The smallest absolute Gasteiger partial charge is 0.0937 e. The molecule has 0 radical (unpaired) electrons. The second-order valence-corrected chi connectivity index (χ2v) is 5.72. The Hall–Kier alpha value is -1.74. The average molecular weight is 281 g/mol. The molecule has 0 amide bonds. The lowest BCUT2D eigenvalue weighted by Gasteiger charge is -2.23. The molecule has 2 aromatic rings. The van der Waals surface area contributed by atoms with Crippen LogP contribution in [0.4, 0.5) is 0 Å². The first kappa shape index (κ1) is 14.2. The first-order valence-electron chi connectivity index (χ1n) is 7.96. The Kier molecular flexibility index (Phi) is 4.61. The van der Waals surface area contributed by atoms with Crippen LogP contribution in [0.1, 0.15) is 50.1 Å². The van der Waals surface area contributed by atoms with Gasteiger partial charge in [-0.1, -0.05) is 36.6 Å². The molecule has 1 N–H and O–H groups in total. The quantitative estimate of drug-likeness (QED) is 0.858. The summed E-state index contributed by atoms with van der Waals surface area (Å²) in [6, 6.07) is 6.55. The van der Waals surface area contributed by atoms with Crippen LogP contribution in [0.3, 0.4) is 0 Å². The summed E-state index contributed by atoms with van der Waals surface area (Å²) in [5.41, 5.74) is 4.74. The molecule has 0 aliphatic heterocycles. The highest BCUT2D eigenvalue weighted by molar-refractivity contribution is 5.78. The van der Waals surface area contributed by atoms with Gasteiger partial charge in [-0.25, -0.2) is 0 Å². The molecule has 110 valence electrons. The lowest BCUT2D eigenvalue weighted by molar-refractivity contribution is 0.575. The molecule has 1 aliphatic rings. The highest BCUT2D eigenvalue weighted by atomic mass is 14.9. The number of hydrogen-bond acceptors (Lipinski definition) is 3. The highest BCUT2D eigenvalue weighted by Crippen LogP contribution is 2.31. The molecule has 1 aromatic heterocycles. The fourth-order valence-electron chi connectivity index (χ4n) is 3.27. The van der Waals surface area contributed by atoms with Crippen molar-refractivity contribution in [1.82, 2.24) is 15.3 Å². The van der Waals surface area contributed by atoms with Crippen molar-refractivity contribution in [1.29, 1.82) is 0 Å². The third kappa shape index (κ3) is 3.13. The van der Waals surface area contributed by atoms with Crippen LogP contribution in [0.5, 0.6) is 0 Å². The molecule has 0 saturated carbocycles. The van der Waals surface area contributed by atoms with E-state index in [9.17, 15) is 0 Å². The molecular formula is C18H23N3. The number of likely N-dealkylation sites (N-methyl/N-ethyl adjacent to an activating group) is 1. The molecule has 1 unspecified atom stereocenters. The summed E-state index contributed by atoms with van der Waals surface area (Å²) in [7, 11) is 2.04. The van der Waals surface area contributed by atoms with Gasteiger partial charge in [0.15, 0.2) is 0 Å². The van der Waals surface area contributed by atoms with E-state index in [0.717, 1.165) is 11.0 Å². The van der Waals surface area contributed by atoms with Crippen LogP contribution < -0.4 is 5.32 Å². The number of hydrogen-bond donors (Lipinski definition) is 1. The van der Waals surface area contributed by atoms with Crippen molar-refractivity contribution >= 4 is 11.0 Å². The predicted molar refractivity (Wildman–Crippen MR) is 87.1 cm³/mol. The van der Waals surface area contributed by atoms with Crippen LogP contribution in [0, 0.1) is 0 Å². The van der Waals surface area contributed by atoms with Gasteiger partial charge >= 0.3 is 0 Å². The van der Waals surface area contributed by atoms with E-state index < -0.39 is 0 Å². The van der Waals surface area contributed by atoms with E-state index >= 15 is 0 Å². The van der Waals surface area contributed by atoms with Crippen LogP contribution >= 0.6 is 0 Å². The zero-order valence-corrected chi connectivity index (χ0v) is 12.7. The molecule has 3 nitrogen and oxygen atoms in total. The van der Waals surface area contributed by atoms with Crippen molar-refractivity contribution in [3.8, 4) is 0 Å². The fourth-order valence-corrected chi connectivity index (χ4v) is 3.27. The van der Waals surface area contributed by atoms with Gasteiger partial charge in [0.1, 0.15) is 0 Å². The molecule has 3 rings (SSSR count). The Morgan fingerprint density at radius 3 is 2.81 bits per heavy atom. The van der Waals surface area contributed by atoms with Gasteiger partial charge in [0, 0.05) is 18.0 Å². The second-order valence-electron chi connectivity index (χ2n) is 5.72. The van der Waals surface area contributed by atoms with E-state index in [1.165, 1.54) is 49.7 Å². The minimum absolute atomic E-state index is 0.253. The summed E-state index contributed by atoms with van der Waals surface area (Å²) in [4.78, 5) is 8.98. The average Bonchev–Trinajstić information content (AvgIpc) is 2.50. The standard InChI is InChI=1S/C18H23N3/c1-19-17(14-8-5-3-2-4-6-9-14)15-10-7-11-16-18(15)21-13-12-20-16/h7-8,10-13,17,19H,2-6,9H2,1H3/b14-8+. The van der Waals surface area contributed by atoms with Gasteiger partial charge in [0.2, 0.25) is 0 Å². The number of benzene rings is 1. The Morgan fingerprint density at radius 2 is 1.90 bits per heavy atom. The minimum atomic E-state index is 0.253. The van der Waals surface area contributed by atoms with Crippen molar-refractivity contribution < 1.29 is 0 Å². The largest absolute Gasteiger partial charge is 0.310 e. The van der Waals surface area contributed by atoms with E-state index in [1.54, 1.807) is 12.4 Å². The van der Waals surface area contributed by atoms with Gasteiger partial charge < -0.3 is 5.32 Å². The van der Waals surface area contributed by atoms with Crippen LogP contribution in [0.2, 0.25) is 0 Å². The van der Waals surface area contributed by atoms with Crippen LogP contribution in [0.15, 0.2) is 42.2 Å². The first-order valence-corrected chi connectivity index (χ1v) is 7.96. The van der Waals surface area contributed by atoms with E-state index in [2.05, 4.69) is 33.5 Å². The molecule has 0 bridgehead atoms. The number of allylic oxidation sites excluding steroid dienone is 1. The molecular weight excluding hydrogens is 258 g/mol. The van der Waals surface area contributed by atoms with Gasteiger partial charge in [-0.3, -0.25) is 9.97 Å². The van der Waals surface area contributed by atoms with E-state index in [4.69, 9.17) is 0 Å². The number of fused-ring (bicyclic) bond motifs is 1. The maximum atomic E-state index is 4.56. The van der Waals surface area contributed by atoms with Crippen LogP contribution in [-0.4, -0.2) is 17.0 Å². The number of rotatable bonds is 3. The summed E-state index contributed by atoms with van der Waals surface area (Å²) >= 11 is 0. The van der Waals surface area contributed by atoms with Crippen molar-refractivity contribution in [3.05, 3.63) is 47.8 Å². The Labute approximate surface area is 126 Å². The van der Waals surface area contributed by atoms with Crippen LogP contribution in [-0.2, 0) is 0 Å². The normalized spacial score (nSPS) is 20.3. The number of para-hydroxylation sites is 1. The summed E-state index contributed by atoms with van der Waals surface area (Å²) in [6.45, 7) is 0. The summed E-state index contributed by atoms with van der Waals surface area (Å²) < 4.78 is 0. The molecule has 1 heterocycles. The van der Waals surface area contributed by atoms with Gasteiger partial charge in [-0.2, -0.15) is 0 Å². The molecule has 0 saturated heterocycles. The van der Waals surface area contributed by atoms with Crippen LogP contribution in [0.25, 0.3) is 11.0 Å². The lowest BCUT2D eigenvalue weighted by Crippen LogP contribution is -2.20. The van der Waals surface area contributed by atoms with Gasteiger partial charge in [-0.05, 0) is 38.8 Å². The highest BCUT2D eigenvalue weighted by Gasteiger charge is 2.18. The van der Waals surface area contributed by atoms with Crippen molar-refractivity contribution in [2.75, 3.05) is 7.05 Å². The third-order valence-corrected chi connectivity index (χ3v) is 4.33. The second kappa shape index (κ2) is 6.81. The van der Waals surface area contributed by atoms with Gasteiger partial charge in [0.25, 0.3) is 0 Å². The third-order valence-electron chi connectivity index (χ3n) is 4.33. The zero-order chi connectivity index (χ0) is 14.5. The molecule has 3 heteroatoms. The number of nitrogens with one attached hydrogen (secondary N) is 1. The van der Waals surface area contributed by atoms with E-state index in [0.29, 0.717) is 0 Å². The first-order chi connectivity index (χ1) is 10.4. The molecule has 0 fully saturated rings. The lowest BCUT2D eigenvalue weighted by atomic mass is 9.90. The molecule has 0 spiro atoms. The maximum Gasteiger partial charge on any atom is 0.0937 e. The molecule has 1 aliphatic carbocycles. The van der Waals surface area contributed by atoms with Gasteiger partial charge in [-0.15, -0.1) is 0 Å².